The van der Waals surface area contributed by atoms with Crippen LogP contribution in [0.2, 0.25) is 0 Å². The van der Waals surface area contributed by atoms with Gasteiger partial charge in [-0.05, 0) is 43.2 Å². The lowest BCUT2D eigenvalue weighted by atomic mass is 10.1. The van der Waals surface area contributed by atoms with Gasteiger partial charge < -0.3 is 9.80 Å². The van der Waals surface area contributed by atoms with Gasteiger partial charge in [-0.1, -0.05) is 42.1 Å². The molecule has 0 spiro atoms. The molecule has 1 saturated heterocycles. The zero-order chi connectivity index (χ0) is 22.8. The first kappa shape index (κ1) is 21.5. The first-order chi connectivity index (χ1) is 16.1. The normalized spacial score (nSPS) is 14.1. The van der Waals surface area contributed by atoms with E-state index in [2.05, 4.69) is 52.0 Å². The Balaban J connectivity index is 1.23. The maximum Gasteiger partial charge on any atom is 0.233 e. The number of aromatic nitrogens is 4. The van der Waals surface area contributed by atoms with Crippen LogP contribution in [0.1, 0.15) is 11.1 Å². The number of thioether (sulfide) groups is 1. The molecule has 4 aromatic rings. The summed E-state index contributed by atoms with van der Waals surface area (Å²) in [5.41, 5.74) is 5.58. The van der Waals surface area contributed by atoms with Crippen molar-refractivity contribution < 1.29 is 4.79 Å². The zero-order valence-electron chi connectivity index (χ0n) is 18.8. The van der Waals surface area contributed by atoms with E-state index in [1.54, 1.807) is 17.2 Å². The van der Waals surface area contributed by atoms with E-state index < -0.39 is 0 Å². The number of hydrogen-bond acceptors (Lipinski definition) is 6. The Labute approximate surface area is 197 Å². The molecule has 1 fully saturated rings. The van der Waals surface area contributed by atoms with Gasteiger partial charge in [-0.2, -0.15) is 5.10 Å². The molecular weight excluding hydrogens is 432 g/mol. The number of fused-ring (bicyclic) bond motifs is 1. The van der Waals surface area contributed by atoms with Gasteiger partial charge in [0.15, 0.2) is 5.65 Å². The third-order valence-electron chi connectivity index (χ3n) is 6.21. The second-order valence-corrected chi connectivity index (χ2v) is 9.15. The van der Waals surface area contributed by atoms with Crippen molar-refractivity contribution >= 4 is 34.4 Å². The van der Waals surface area contributed by atoms with Crippen molar-refractivity contribution in [1.82, 2.24) is 24.6 Å². The summed E-state index contributed by atoms with van der Waals surface area (Å²) >= 11 is 1.45. The highest BCUT2D eigenvalue weighted by Crippen LogP contribution is 2.27. The smallest absolute Gasteiger partial charge is 0.233 e. The molecule has 0 N–H and O–H groups in total. The van der Waals surface area contributed by atoms with E-state index in [1.807, 2.05) is 35.2 Å². The van der Waals surface area contributed by atoms with E-state index in [0.29, 0.717) is 5.75 Å². The highest BCUT2D eigenvalue weighted by Gasteiger charge is 2.23. The zero-order valence-corrected chi connectivity index (χ0v) is 19.6. The number of anilines is 1. The van der Waals surface area contributed by atoms with Crippen molar-refractivity contribution in [3.63, 3.8) is 0 Å². The van der Waals surface area contributed by atoms with Crippen LogP contribution in [0.3, 0.4) is 0 Å². The van der Waals surface area contributed by atoms with Gasteiger partial charge in [0.25, 0.3) is 0 Å². The van der Waals surface area contributed by atoms with Crippen molar-refractivity contribution in [2.75, 3.05) is 36.8 Å². The third-order valence-corrected chi connectivity index (χ3v) is 7.20. The molecule has 168 valence electrons. The molecule has 3 heterocycles. The lowest BCUT2D eigenvalue weighted by Gasteiger charge is -2.37. The highest BCUT2D eigenvalue weighted by molar-refractivity contribution is 8.00. The van der Waals surface area contributed by atoms with Crippen molar-refractivity contribution in [2.24, 2.45) is 0 Å². The fourth-order valence-electron chi connectivity index (χ4n) is 4.19. The number of amides is 1. The Morgan fingerprint density at radius 3 is 2.55 bits per heavy atom. The molecule has 0 aliphatic carbocycles. The van der Waals surface area contributed by atoms with Crippen molar-refractivity contribution in [3.8, 4) is 5.69 Å². The number of nitrogens with zero attached hydrogens (tertiary/aromatic N) is 6. The monoisotopic (exact) mass is 458 g/mol. The molecule has 8 heteroatoms. The van der Waals surface area contributed by atoms with Crippen molar-refractivity contribution in [3.05, 3.63) is 72.2 Å². The number of carbonyl (C=O) groups excluding carboxylic acids is 1. The number of para-hydroxylation sites is 1. The predicted molar refractivity (Wildman–Crippen MR) is 132 cm³/mol. The molecule has 5 rings (SSSR count). The van der Waals surface area contributed by atoms with Crippen LogP contribution in [0, 0.1) is 13.8 Å². The Morgan fingerprint density at radius 2 is 1.76 bits per heavy atom. The minimum absolute atomic E-state index is 0.142. The number of piperazine rings is 1. The number of carbonyl (C=O) groups is 1. The van der Waals surface area contributed by atoms with Gasteiger partial charge in [0.05, 0.1) is 23.0 Å². The number of benzene rings is 2. The standard InChI is InChI=1S/C25H26N6OS/c1-18-7-6-10-22(19(18)2)29-11-13-30(14-12-29)23(32)16-33-25-21-15-28-31(24(21)26-17-27-25)20-8-4-3-5-9-20/h3-10,15,17H,11-14,16H2,1-2H3. The highest BCUT2D eigenvalue weighted by atomic mass is 32.2. The van der Waals surface area contributed by atoms with Gasteiger partial charge in [0, 0.05) is 31.9 Å². The van der Waals surface area contributed by atoms with Gasteiger partial charge in [-0.15, -0.1) is 0 Å². The van der Waals surface area contributed by atoms with Crippen LogP contribution in [0.15, 0.2) is 66.1 Å². The van der Waals surface area contributed by atoms with Gasteiger partial charge in [-0.25, -0.2) is 14.6 Å². The molecule has 0 radical (unpaired) electrons. The Kier molecular flexibility index (Phi) is 6.00. The van der Waals surface area contributed by atoms with E-state index >= 15 is 0 Å². The molecule has 1 aliphatic heterocycles. The van der Waals surface area contributed by atoms with Crippen LogP contribution in [0.5, 0.6) is 0 Å². The molecule has 33 heavy (non-hydrogen) atoms. The summed E-state index contributed by atoms with van der Waals surface area (Å²) in [7, 11) is 0. The second kappa shape index (κ2) is 9.23. The van der Waals surface area contributed by atoms with Gasteiger partial charge in [-0.3, -0.25) is 4.79 Å². The van der Waals surface area contributed by atoms with Crippen LogP contribution in [0.4, 0.5) is 5.69 Å². The summed E-state index contributed by atoms with van der Waals surface area (Å²) < 4.78 is 1.80. The molecule has 0 atom stereocenters. The molecule has 0 saturated carbocycles. The lowest BCUT2D eigenvalue weighted by Crippen LogP contribution is -2.49. The summed E-state index contributed by atoms with van der Waals surface area (Å²) in [6.07, 6.45) is 3.32. The van der Waals surface area contributed by atoms with Crippen molar-refractivity contribution in [1.29, 1.82) is 0 Å². The molecule has 7 nitrogen and oxygen atoms in total. The molecule has 0 bridgehead atoms. The quantitative estimate of drug-likeness (QED) is 0.334. The summed E-state index contributed by atoms with van der Waals surface area (Å²) in [4.78, 5) is 26.1. The van der Waals surface area contributed by atoms with Gasteiger partial charge in [0.1, 0.15) is 11.4 Å². The summed E-state index contributed by atoms with van der Waals surface area (Å²) in [5, 5.41) is 6.14. The fourth-order valence-corrected chi connectivity index (χ4v) is 5.06. The largest absolute Gasteiger partial charge is 0.368 e. The Bertz CT molecular complexity index is 1280. The molecule has 1 aliphatic rings. The second-order valence-electron chi connectivity index (χ2n) is 8.18. The Hall–Kier alpha value is -3.39. The molecular formula is C25H26N6OS. The number of aryl methyl sites for hydroxylation is 1. The Morgan fingerprint density at radius 1 is 0.970 bits per heavy atom. The fraction of sp³-hybridized carbons (Fsp3) is 0.280. The van der Waals surface area contributed by atoms with E-state index in [9.17, 15) is 4.79 Å². The van der Waals surface area contributed by atoms with E-state index in [4.69, 9.17) is 0 Å². The maximum absolute atomic E-state index is 12.9. The maximum atomic E-state index is 12.9. The average molecular weight is 459 g/mol. The summed E-state index contributed by atoms with van der Waals surface area (Å²) in [6, 6.07) is 16.3. The van der Waals surface area contributed by atoms with Crippen LogP contribution < -0.4 is 4.90 Å². The van der Waals surface area contributed by atoms with E-state index in [0.717, 1.165) is 47.9 Å². The molecule has 2 aromatic carbocycles. The van der Waals surface area contributed by atoms with Crippen molar-refractivity contribution in [2.45, 2.75) is 18.9 Å². The van der Waals surface area contributed by atoms with Gasteiger partial charge in [0.2, 0.25) is 5.91 Å². The topological polar surface area (TPSA) is 67.2 Å². The first-order valence-corrected chi connectivity index (χ1v) is 12.1. The summed E-state index contributed by atoms with van der Waals surface area (Å²) in [5.74, 6) is 0.495. The average Bonchev–Trinajstić information content (AvgIpc) is 3.30. The van der Waals surface area contributed by atoms with Crippen LogP contribution in [-0.2, 0) is 4.79 Å². The summed E-state index contributed by atoms with van der Waals surface area (Å²) in [6.45, 7) is 7.48. The van der Waals surface area contributed by atoms with E-state index in [-0.39, 0.29) is 5.91 Å². The molecule has 1 amide bonds. The number of hydrogen-bond donors (Lipinski definition) is 0. The van der Waals surface area contributed by atoms with Crippen LogP contribution in [0.25, 0.3) is 16.7 Å². The van der Waals surface area contributed by atoms with Gasteiger partial charge >= 0.3 is 0 Å². The lowest BCUT2D eigenvalue weighted by molar-refractivity contribution is -0.128. The van der Waals surface area contributed by atoms with Crippen LogP contribution in [-0.4, -0.2) is 62.5 Å². The predicted octanol–water partition coefficient (Wildman–Crippen LogP) is 3.87. The third kappa shape index (κ3) is 4.30. The molecule has 0 unspecified atom stereocenters. The minimum atomic E-state index is 0.142. The van der Waals surface area contributed by atoms with Crippen LogP contribution >= 0.6 is 11.8 Å². The number of rotatable bonds is 5. The SMILES string of the molecule is Cc1cccc(N2CCN(C(=O)CSc3ncnc4c3cnn4-c3ccccc3)CC2)c1C. The minimum Gasteiger partial charge on any atom is -0.368 e. The first-order valence-electron chi connectivity index (χ1n) is 11.1. The van der Waals surface area contributed by atoms with E-state index in [1.165, 1.54) is 28.6 Å². The molecule has 2 aromatic heterocycles.